The Kier molecular flexibility index (Phi) is 5.22. The van der Waals surface area contributed by atoms with Gasteiger partial charge in [0.25, 0.3) is 0 Å². The average molecular weight is 260 g/mol. The van der Waals surface area contributed by atoms with Crippen LogP contribution in [-0.2, 0) is 6.54 Å². The Hall–Kier alpha value is -0.800. The second-order valence-corrected chi connectivity index (χ2v) is 5.10. The average Bonchev–Trinajstić information content (AvgIpc) is 2.31. The maximum Gasteiger partial charge on any atom is 0.169 e. The molecule has 1 aromatic rings. The molecule has 1 N–H and O–H groups in total. The molecule has 0 aliphatic carbocycles. The van der Waals surface area contributed by atoms with E-state index in [1.165, 1.54) is 7.11 Å². The van der Waals surface area contributed by atoms with Crippen LogP contribution in [0.1, 0.15) is 19.4 Å². The van der Waals surface area contributed by atoms with E-state index in [0.717, 1.165) is 6.54 Å². The molecule has 1 aromatic carbocycles. The zero-order valence-corrected chi connectivity index (χ0v) is 11.3. The van der Waals surface area contributed by atoms with Gasteiger partial charge in [-0.25, -0.2) is 4.39 Å². The monoisotopic (exact) mass is 259 g/mol. The Morgan fingerprint density at radius 2 is 2.12 bits per heavy atom. The standard InChI is InChI=1S/C13H19ClFNO/c1-13(2,8-14)9-16-7-10-5-4-6-11(17-3)12(10)15/h4-6,16H,7-9H2,1-3H3. The van der Waals surface area contributed by atoms with Crippen molar-refractivity contribution in [1.82, 2.24) is 5.32 Å². The number of methoxy groups -OCH3 is 1. The fourth-order valence-electron chi connectivity index (χ4n) is 1.43. The van der Waals surface area contributed by atoms with Crippen molar-refractivity contribution in [2.45, 2.75) is 20.4 Å². The van der Waals surface area contributed by atoms with E-state index < -0.39 is 0 Å². The molecule has 0 radical (unpaired) electrons. The summed E-state index contributed by atoms with van der Waals surface area (Å²) in [5.41, 5.74) is 0.617. The van der Waals surface area contributed by atoms with Crippen LogP contribution in [-0.4, -0.2) is 19.5 Å². The van der Waals surface area contributed by atoms with Crippen LogP contribution in [0.3, 0.4) is 0 Å². The Morgan fingerprint density at radius 3 is 2.71 bits per heavy atom. The maximum atomic E-state index is 13.8. The van der Waals surface area contributed by atoms with E-state index in [1.54, 1.807) is 18.2 Å². The molecule has 17 heavy (non-hydrogen) atoms. The van der Waals surface area contributed by atoms with Gasteiger partial charge < -0.3 is 10.1 Å². The van der Waals surface area contributed by atoms with E-state index in [0.29, 0.717) is 18.0 Å². The lowest BCUT2D eigenvalue weighted by Crippen LogP contribution is -2.30. The molecule has 2 nitrogen and oxygen atoms in total. The zero-order valence-electron chi connectivity index (χ0n) is 10.5. The minimum Gasteiger partial charge on any atom is -0.494 e. The summed E-state index contributed by atoms with van der Waals surface area (Å²) in [6.07, 6.45) is 0. The van der Waals surface area contributed by atoms with E-state index >= 15 is 0 Å². The lowest BCUT2D eigenvalue weighted by molar-refractivity contribution is 0.372. The molecule has 0 spiro atoms. The fourth-order valence-corrected chi connectivity index (χ4v) is 1.53. The van der Waals surface area contributed by atoms with Gasteiger partial charge in [-0.3, -0.25) is 0 Å². The van der Waals surface area contributed by atoms with E-state index in [2.05, 4.69) is 19.2 Å². The first-order chi connectivity index (χ1) is 8.00. The number of hydrogen-bond acceptors (Lipinski definition) is 2. The number of nitrogens with one attached hydrogen (secondary N) is 1. The van der Waals surface area contributed by atoms with Crippen molar-refractivity contribution in [1.29, 1.82) is 0 Å². The highest BCUT2D eigenvalue weighted by Gasteiger charge is 2.16. The fraction of sp³-hybridized carbons (Fsp3) is 0.538. The minimum absolute atomic E-state index is 0.0108. The number of ether oxygens (including phenoxy) is 1. The molecular formula is C13H19ClFNO. The summed E-state index contributed by atoms with van der Waals surface area (Å²) in [4.78, 5) is 0. The first-order valence-electron chi connectivity index (χ1n) is 5.58. The summed E-state index contributed by atoms with van der Waals surface area (Å²) >= 11 is 5.82. The molecule has 0 aromatic heterocycles. The van der Waals surface area contributed by atoms with E-state index in [4.69, 9.17) is 16.3 Å². The van der Waals surface area contributed by atoms with Crippen molar-refractivity contribution in [3.05, 3.63) is 29.6 Å². The quantitative estimate of drug-likeness (QED) is 0.793. The van der Waals surface area contributed by atoms with E-state index in [9.17, 15) is 4.39 Å². The molecule has 0 amide bonds. The van der Waals surface area contributed by atoms with Crippen LogP contribution < -0.4 is 10.1 Å². The van der Waals surface area contributed by atoms with Crippen LogP contribution in [0.4, 0.5) is 4.39 Å². The first kappa shape index (κ1) is 14.3. The van der Waals surface area contributed by atoms with E-state index in [-0.39, 0.29) is 17.0 Å². The lowest BCUT2D eigenvalue weighted by atomic mass is 9.96. The van der Waals surface area contributed by atoms with Crippen LogP contribution in [0.15, 0.2) is 18.2 Å². The third kappa shape index (κ3) is 4.17. The van der Waals surface area contributed by atoms with Crippen LogP contribution in [0, 0.1) is 11.2 Å². The largest absolute Gasteiger partial charge is 0.494 e. The van der Waals surface area contributed by atoms with Crippen LogP contribution in [0.5, 0.6) is 5.75 Å². The van der Waals surface area contributed by atoms with Crippen molar-refractivity contribution in [2.24, 2.45) is 5.41 Å². The van der Waals surface area contributed by atoms with Crippen molar-refractivity contribution in [3.8, 4) is 5.75 Å². The topological polar surface area (TPSA) is 21.3 Å². The molecule has 0 unspecified atom stereocenters. The number of alkyl halides is 1. The van der Waals surface area contributed by atoms with Gasteiger partial charge in [-0.2, -0.15) is 0 Å². The number of hydrogen-bond donors (Lipinski definition) is 1. The van der Waals surface area contributed by atoms with Crippen molar-refractivity contribution >= 4 is 11.6 Å². The highest BCUT2D eigenvalue weighted by molar-refractivity contribution is 6.18. The third-order valence-corrected chi connectivity index (χ3v) is 3.27. The Labute approximate surface area is 107 Å². The molecule has 0 fully saturated rings. The number of halogens is 2. The van der Waals surface area contributed by atoms with Crippen LogP contribution in [0.2, 0.25) is 0 Å². The van der Waals surface area contributed by atoms with Crippen LogP contribution in [0.25, 0.3) is 0 Å². The highest BCUT2D eigenvalue weighted by Crippen LogP contribution is 2.20. The lowest BCUT2D eigenvalue weighted by Gasteiger charge is -2.21. The molecule has 0 heterocycles. The molecule has 0 saturated carbocycles. The van der Waals surface area contributed by atoms with Gasteiger partial charge in [-0.1, -0.05) is 26.0 Å². The van der Waals surface area contributed by atoms with Crippen molar-refractivity contribution < 1.29 is 9.13 Å². The molecule has 0 aliphatic heterocycles. The summed E-state index contributed by atoms with van der Waals surface area (Å²) in [6.45, 7) is 5.35. The summed E-state index contributed by atoms with van der Waals surface area (Å²) < 4.78 is 18.7. The highest BCUT2D eigenvalue weighted by atomic mass is 35.5. The van der Waals surface area contributed by atoms with Gasteiger partial charge in [0.15, 0.2) is 11.6 Å². The van der Waals surface area contributed by atoms with Gasteiger partial charge >= 0.3 is 0 Å². The first-order valence-corrected chi connectivity index (χ1v) is 6.11. The van der Waals surface area contributed by atoms with Gasteiger partial charge in [0.05, 0.1) is 7.11 Å². The summed E-state index contributed by atoms with van der Waals surface area (Å²) in [5.74, 6) is 0.549. The second-order valence-electron chi connectivity index (χ2n) is 4.83. The van der Waals surface area contributed by atoms with Gasteiger partial charge in [0.1, 0.15) is 0 Å². The molecular weight excluding hydrogens is 241 g/mol. The Morgan fingerprint density at radius 1 is 1.41 bits per heavy atom. The minimum atomic E-state index is -0.300. The number of benzene rings is 1. The van der Waals surface area contributed by atoms with Crippen molar-refractivity contribution in [3.63, 3.8) is 0 Å². The molecule has 0 bridgehead atoms. The van der Waals surface area contributed by atoms with Gasteiger partial charge in [-0.05, 0) is 11.5 Å². The van der Waals surface area contributed by atoms with E-state index in [1.807, 2.05) is 0 Å². The maximum absolute atomic E-state index is 13.8. The molecule has 0 aliphatic rings. The Balaban J connectivity index is 2.58. The normalized spacial score (nSPS) is 11.6. The molecule has 96 valence electrons. The summed E-state index contributed by atoms with van der Waals surface area (Å²) in [6, 6.07) is 5.14. The Bertz CT molecular complexity index is 368. The SMILES string of the molecule is COc1cccc(CNCC(C)(C)CCl)c1F. The molecule has 0 atom stereocenters. The van der Waals surface area contributed by atoms with Gasteiger partial charge in [0.2, 0.25) is 0 Å². The number of rotatable bonds is 6. The summed E-state index contributed by atoms with van der Waals surface area (Å²) in [7, 11) is 1.46. The van der Waals surface area contributed by atoms with Gasteiger partial charge in [0, 0.05) is 24.5 Å². The van der Waals surface area contributed by atoms with Gasteiger partial charge in [-0.15, -0.1) is 11.6 Å². The predicted octanol–water partition coefficient (Wildman–Crippen LogP) is 3.19. The molecule has 0 saturated heterocycles. The third-order valence-electron chi connectivity index (χ3n) is 2.54. The molecule has 4 heteroatoms. The van der Waals surface area contributed by atoms with Crippen molar-refractivity contribution in [2.75, 3.05) is 19.5 Å². The summed E-state index contributed by atoms with van der Waals surface area (Å²) in [5, 5.41) is 3.21. The predicted molar refractivity (Wildman–Crippen MR) is 69.2 cm³/mol. The second kappa shape index (κ2) is 6.22. The molecule has 1 rings (SSSR count). The zero-order chi connectivity index (χ0) is 12.9. The smallest absolute Gasteiger partial charge is 0.169 e. The van der Waals surface area contributed by atoms with Crippen LogP contribution >= 0.6 is 11.6 Å².